The lowest BCUT2D eigenvalue weighted by atomic mass is 10.00. The van der Waals surface area contributed by atoms with Crippen molar-refractivity contribution in [1.82, 2.24) is 33.8 Å². The molecule has 1 saturated carbocycles. The van der Waals surface area contributed by atoms with Gasteiger partial charge in [-0.1, -0.05) is 0 Å². The van der Waals surface area contributed by atoms with Gasteiger partial charge in [-0.2, -0.15) is 15.2 Å². The highest BCUT2D eigenvalue weighted by Gasteiger charge is 2.41. The molecule has 11 heteroatoms. The molecule has 0 amide bonds. The van der Waals surface area contributed by atoms with Crippen LogP contribution in [0, 0.1) is 5.92 Å². The molecule has 0 spiro atoms. The number of anilines is 2. The molecule has 10 nitrogen and oxygen atoms in total. The maximum atomic E-state index is 12.6. The monoisotopic (exact) mass is 416 g/mol. The van der Waals surface area contributed by atoms with Crippen molar-refractivity contribution < 1.29 is 8.42 Å². The van der Waals surface area contributed by atoms with E-state index in [0.29, 0.717) is 25.6 Å². The number of piperidine rings is 1. The second kappa shape index (κ2) is 7.06. The maximum Gasteiger partial charge on any atom is 0.229 e. The SMILES string of the molecule is Cn1cc(Nc2ncc3cnn(CC4CCCN(S(=O)(=O)C5CC5)C4)c3n2)cn1. The molecule has 0 radical (unpaired) electrons. The molecule has 1 N–H and O–H groups in total. The highest BCUT2D eigenvalue weighted by atomic mass is 32.2. The van der Waals surface area contributed by atoms with E-state index in [0.717, 1.165) is 42.4 Å². The maximum absolute atomic E-state index is 12.6. The van der Waals surface area contributed by atoms with Gasteiger partial charge in [0.1, 0.15) is 0 Å². The molecular formula is C18H24N8O2S. The van der Waals surface area contributed by atoms with E-state index < -0.39 is 10.0 Å². The van der Waals surface area contributed by atoms with Gasteiger partial charge in [-0.05, 0) is 31.6 Å². The van der Waals surface area contributed by atoms with Gasteiger partial charge in [-0.25, -0.2) is 22.4 Å². The standard InChI is InChI=1S/C18H24N8O2S/c1-24-12-15(9-20-24)22-18-19-7-14-8-21-26(17(14)23-18)11-13-3-2-6-25(10-13)29(27,28)16-4-5-16/h7-9,12-13,16H,2-6,10-11H2,1H3,(H,19,22,23). The van der Waals surface area contributed by atoms with Crippen LogP contribution in [0.3, 0.4) is 0 Å². The molecule has 2 aliphatic rings. The lowest BCUT2D eigenvalue weighted by Gasteiger charge is -2.32. The van der Waals surface area contributed by atoms with Crippen molar-refractivity contribution in [2.24, 2.45) is 13.0 Å². The van der Waals surface area contributed by atoms with Gasteiger partial charge in [0.15, 0.2) is 5.65 Å². The highest BCUT2D eigenvalue weighted by molar-refractivity contribution is 7.90. The third-order valence-corrected chi connectivity index (χ3v) is 7.92. The molecule has 4 heterocycles. The first-order chi connectivity index (χ1) is 14.0. The molecule has 3 aromatic heterocycles. The van der Waals surface area contributed by atoms with Crippen LogP contribution in [0.1, 0.15) is 25.7 Å². The summed E-state index contributed by atoms with van der Waals surface area (Å²) in [5.41, 5.74) is 1.56. The summed E-state index contributed by atoms with van der Waals surface area (Å²) in [6, 6.07) is 0. The summed E-state index contributed by atoms with van der Waals surface area (Å²) in [5, 5.41) is 12.5. The Labute approximate surface area is 169 Å². The lowest BCUT2D eigenvalue weighted by Crippen LogP contribution is -2.42. The minimum absolute atomic E-state index is 0.152. The number of hydrogen-bond donors (Lipinski definition) is 1. The number of nitrogens with zero attached hydrogens (tertiary/aromatic N) is 7. The molecule has 0 bridgehead atoms. The van der Waals surface area contributed by atoms with Gasteiger partial charge in [-0.3, -0.25) is 4.68 Å². The number of sulfonamides is 1. The Bertz CT molecular complexity index is 1130. The fraction of sp³-hybridized carbons (Fsp3) is 0.556. The summed E-state index contributed by atoms with van der Waals surface area (Å²) in [5.74, 6) is 0.707. The predicted molar refractivity (Wildman–Crippen MR) is 108 cm³/mol. The Morgan fingerprint density at radius 1 is 1.17 bits per heavy atom. The van der Waals surface area contributed by atoms with Gasteiger partial charge < -0.3 is 5.32 Å². The van der Waals surface area contributed by atoms with Crippen LogP contribution in [-0.2, 0) is 23.6 Å². The lowest BCUT2D eigenvalue weighted by molar-refractivity contribution is 0.241. The minimum Gasteiger partial charge on any atom is -0.321 e. The van der Waals surface area contributed by atoms with Crippen molar-refractivity contribution in [3.8, 4) is 0 Å². The van der Waals surface area contributed by atoms with Crippen molar-refractivity contribution in [3.63, 3.8) is 0 Å². The molecule has 5 rings (SSSR count). The molecule has 154 valence electrons. The van der Waals surface area contributed by atoms with Gasteiger partial charge in [0.2, 0.25) is 16.0 Å². The van der Waals surface area contributed by atoms with Crippen LogP contribution >= 0.6 is 0 Å². The first-order valence-corrected chi connectivity index (χ1v) is 11.4. The molecule has 3 aromatic rings. The van der Waals surface area contributed by atoms with Crippen LogP contribution in [0.25, 0.3) is 11.0 Å². The molecule has 1 aliphatic carbocycles. The van der Waals surface area contributed by atoms with Gasteiger partial charge in [0.25, 0.3) is 0 Å². The van der Waals surface area contributed by atoms with Gasteiger partial charge >= 0.3 is 0 Å². The number of rotatable bonds is 6. The zero-order chi connectivity index (χ0) is 20.0. The Morgan fingerprint density at radius 2 is 2.03 bits per heavy atom. The van der Waals surface area contributed by atoms with Gasteiger partial charge in [0.05, 0.1) is 28.7 Å². The fourth-order valence-electron chi connectivity index (χ4n) is 3.90. The summed E-state index contributed by atoms with van der Waals surface area (Å²) in [6.07, 6.45) is 10.5. The van der Waals surface area contributed by atoms with Crippen molar-refractivity contribution >= 4 is 32.7 Å². The summed E-state index contributed by atoms with van der Waals surface area (Å²) in [7, 11) is -1.27. The Morgan fingerprint density at radius 3 is 2.79 bits per heavy atom. The molecule has 0 aromatic carbocycles. The van der Waals surface area contributed by atoms with Crippen molar-refractivity contribution in [3.05, 3.63) is 24.8 Å². The van der Waals surface area contributed by atoms with Crippen molar-refractivity contribution in [2.45, 2.75) is 37.5 Å². The normalized spacial score (nSPS) is 20.9. The minimum atomic E-state index is -3.12. The van der Waals surface area contributed by atoms with Crippen molar-refractivity contribution in [1.29, 1.82) is 0 Å². The zero-order valence-electron chi connectivity index (χ0n) is 16.3. The summed E-state index contributed by atoms with van der Waals surface area (Å²) in [6.45, 7) is 1.84. The topological polar surface area (TPSA) is 111 Å². The average Bonchev–Trinajstić information content (AvgIpc) is 3.40. The van der Waals surface area contributed by atoms with E-state index >= 15 is 0 Å². The van der Waals surface area contributed by atoms with E-state index in [1.165, 1.54) is 0 Å². The van der Waals surface area contributed by atoms with E-state index in [1.807, 2.05) is 17.9 Å². The quantitative estimate of drug-likeness (QED) is 0.648. The van der Waals surface area contributed by atoms with Crippen LogP contribution in [0.15, 0.2) is 24.8 Å². The summed E-state index contributed by atoms with van der Waals surface area (Å²) < 4.78 is 30.4. The zero-order valence-corrected chi connectivity index (χ0v) is 17.1. The fourth-order valence-corrected chi connectivity index (χ4v) is 5.86. The Balaban J connectivity index is 1.34. The molecule has 29 heavy (non-hydrogen) atoms. The highest BCUT2D eigenvalue weighted by Crippen LogP contribution is 2.33. The Hall–Kier alpha value is -2.53. The largest absolute Gasteiger partial charge is 0.321 e. The second-order valence-corrected chi connectivity index (χ2v) is 10.2. The summed E-state index contributed by atoms with van der Waals surface area (Å²) >= 11 is 0. The number of nitrogens with one attached hydrogen (secondary N) is 1. The van der Waals surface area contributed by atoms with Crippen LogP contribution in [-0.4, -0.2) is 60.6 Å². The molecule has 2 fully saturated rings. The third kappa shape index (κ3) is 3.71. The van der Waals surface area contributed by atoms with Crippen molar-refractivity contribution in [2.75, 3.05) is 18.4 Å². The average molecular weight is 417 g/mol. The van der Waals surface area contributed by atoms with E-state index in [1.54, 1.807) is 27.6 Å². The molecular weight excluding hydrogens is 392 g/mol. The molecule has 1 saturated heterocycles. The first kappa shape index (κ1) is 18.5. The van der Waals surface area contributed by atoms with Gasteiger partial charge in [-0.15, -0.1) is 0 Å². The number of hydrogen-bond acceptors (Lipinski definition) is 7. The number of aryl methyl sites for hydroxylation is 1. The predicted octanol–water partition coefficient (Wildman–Crippen LogP) is 1.51. The van der Waals surface area contributed by atoms with Crippen LogP contribution in [0.2, 0.25) is 0 Å². The first-order valence-electron chi connectivity index (χ1n) is 9.92. The Kier molecular flexibility index (Phi) is 4.50. The van der Waals surface area contributed by atoms with Crippen LogP contribution in [0.5, 0.6) is 0 Å². The molecule has 1 atom stereocenters. The van der Waals surface area contributed by atoms with E-state index in [2.05, 4.69) is 25.5 Å². The number of fused-ring (bicyclic) bond motifs is 1. The smallest absolute Gasteiger partial charge is 0.229 e. The van der Waals surface area contributed by atoms with Crippen LogP contribution < -0.4 is 5.32 Å². The molecule has 1 aliphatic heterocycles. The van der Waals surface area contributed by atoms with E-state index in [9.17, 15) is 8.42 Å². The third-order valence-electron chi connectivity index (χ3n) is 5.56. The van der Waals surface area contributed by atoms with E-state index in [4.69, 9.17) is 0 Å². The molecule has 1 unspecified atom stereocenters. The number of aromatic nitrogens is 6. The van der Waals surface area contributed by atoms with Gasteiger partial charge in [0, 0.05) is 39.1 Å². The summed E-state index contributed by atoms with van der Waals surface area (Å²) in [4.78, 5) is 8.96. The van der Waals surface area contributed by atoms with E-state index in [-0.39, 0.29) is 11.2 Å². The van der Waals surface area contributed by atoms with Crippen LogP contribution in [0.4, 0.5) is 11.6 Å². The second-order valence-electron chi connectivity index (χ2n) is 7.94.